The number of aromatic nitrogens is 2. The minimum Gasteiger partial charge on any atom is -0.488 e. The maximum Gasteiger partial charge on any atom is 0.235 e. The largest absolute Gasteiger partial charge is 0.488 e. The second-order valence-electron chi connectivity index (χ2n) is 10.1. The zero-order chi connectivity index (χ0) is 25.4. The van der Waals surface area contributed by atoms with E-state index in [1.54, 1.807) is 11.6 Å². The van der Waals surface area contributed by atoms with Gasteiger partial charge in [0.05, 0.1) is 11.6 Å². The van der Waals surface area contributed by atoms with Crippen molar-refractivity contribution in [2.45, 2.75) is 57.5 Å². The second-order valence-corrected chi connectivity index (χ2v) is 10.1. The number of nitrogens with zero attached hydrogens (tertiary/aromatic N) is 4. The summed E-state index contributed by atoms with van der Waals surface area (Å²) in [4.78, 5) is 52.4. The number of fused-ring (bicyclic) bond motifs is 1. The molecular formula is C26H33N5O5. The fourth-order valence-corrected chi connectivity index (χ4v) is 5.71. The maximum absolute atomic E-state index is 13.0. The highest BCUT2D eigenvalue weighted by molar-refractivity contribution is 6.03. The Kier molecular flexibility index (Phi) is 6.68. The number of nitrogens with one attached hydrogen (secondary N) is 1. The van der Waals surface area contributed by atoms with Crippen LogP contribution in [0, 0.1) is 5.92 Å². The molecule has 0 bridgehead atoms. The molecule has 10 heteroatoms. The SMILES string of the molecule is CC(=O)N1CCC(C(=O)N2CCC(Oc3cccc4c(C5CCC(=O)NC5=O)nn(C)c34)CC2)CC1. The summed E-state index contributed by atoms with van der Waals surface area (Å²) in [6.45, 7) is 4.19. The van der Waals surface area contributed by atoms with E-state index in [2.05, 4.69) is 10.4 Å². The Hall–Kier alpha value is -3.43. The molecule has 3 aliphatic heterocycles. The van der Waals surface area contributed by atoms with Gasteiger partial charge in [0, 0.05) is 70.7 Å². The van der Waals surface area contributed by atoms with Crippen molar-refractivity contribution < 1.29 is 23.9 Å². The maximum atomic E-state index is 13.0. The summed E-state index contributed by atoms with van der Waals surface area (Å²) in [5.41, 5.74) is 1.49. The van der Waals surface area contributed by atoms with Crippen LogP contribution in [0.25, 0.3) is 10.9 Å². The van der Waals surface area contributed by atoms with E-state index in [1.807, 2.05) is 35.0 Å². The first-order chi connectivity index (χ1) is 17.3. The number of aryl methyl sites for hydroxylation is 1. The summed E-state index contributed by atoms with van der Waals surface area (Å²) in [6, 6.07) is 5.76. The molecule has 1 atom stereocenters. The molecule has 1 aromatic heterocycles. The predicted octanol–water partition coefficient (Wildman–Crippen LogP) is 1.72. The number of hydrogen-bond donors (Lipinski definition) is 1. The lowest BCUT2D eigenvalue weighted by Gasteiger charge is -2.37. The third-order valence-corrected chi connectivity index (χ3v) is 7.76. The molecule has 1 unspecified atom stereocenters. The normalized spacial score (nSPS) is 22.1. The van der Waals surface area contributed by atoms with Crippen LogP contribution in [0.5, 0.6) is 5.75 Å². The fraction of sp³-hybridized carbons (Fsp3) is 0.577. The average Bonchev–Trinajstić information content (AvgIpc) is 3.21. The van der Waals surface area contributed by atoms with Crippen molar-refractivity contribution in [1.82, 2.24) is 24.9 Å². The molecule has 3 fully saturated rings. The van der Waals surface area contributed by atoms with Crippen molar-refractivity contribution in [2.75, 3.05) is 26.2 Å². The van der Waals surface area contributed by atoms with Gasteiger partial charge in [0.25, 0.3) is 0 Å². The van der Waals surface area contributed by atoms with Crippen LogP contribution < -0.4 is 10.1 Å². The van der Waals surface area contributed by atoms with Gasteiger partial charge in [0.2, 0.25) is 23.6 Å². The van der Waals surface area contributed by atoms with Gasteiger partial charge in [-0.25, -0.2) is 0 Å². The molecule has 1 N–H and O–H groups in total. The van der Waals surface area contributed by atoms with E-state index < -0.39 is 5.92 Å². The average molecular weight is 496 g/mol. The van der Waals surface area contributed by atoms with E-state index in [0.29, 0.717) is 50.5 Å². The van der Waals surface area contributed by atoms with Crippen LogP contribution in [0.3, 0.4) is 0 Å². The van der Waals surface area contributed by atoms with Crippen LogP contribution in [-0.4, -0.2) is 75.5 Å². The van der Waals surface area contributed by atoms with Gasteiger partial charge in [-0.1, -0.05) is 12.1 Å². The fourth-order valence-electron chi connectivity index (χ4n) is 5.71. The molecule has 0 radical (unpaired) electrons. The lowest BCUT2D eigenvalue weighted by atomic mass is 9.93. The molecule has 0 saturated carbocycles. The number of amides is 4. The first-order valence-electron chi connectivity index (χ1n) is 12.8. The number of ether oxygens (including phenoxy) is 1. The molecule has 3 saturated heterocycles. The molecule has 36 heavy (non-hydrogen) atoms. The molecule has 4 heterocycles. The number of rotatable bonds is 4. The van der Waals surface area contributed by atoms with Crippen LogP contribution in [0.4, 0.5) is 0 Å². The van der Waals surface area contributed by atoms with E-state index in [1.165, 1.54) is 0 Å². The molecule has 10 nitrogen and oxygen atoms in total. The molecule has 1 aromatic carbocycles. The summed E-state index contributed by atoms with van der Waals surface area (Å²) in [5, 5.41) is 7.91. The van der Waals surface area contributed by atoms with E-state index >= 15 is 0 Å². The van der Waals surface area contributed by atoms with Crippen molar-refractivity contribution in [1.29, 1.82) is 0 Å². The molecule has 0 spiro atoms. The van der Waals surface area contributed by atoms with Gasteiger partial charge in [-0.2, -0.15) is 5.10 Å². The van der Waals surface area contributed by atoms with Crippen molar-refractivity contribution in [3.8, 4) is 5.75 Å². The molecule has 5 rings (SSSR count). The van der Waals surface area contributed by atoms with Gasteiger partial charge in [0.1, 0.15) is 17.4 Å². The third-order valence-electron chi connectivity index (χ3n) is 7.76. The highest BCUT2D eigenvalue weighted by Crippen LogP contribution is 2.35. The zero-order valence-corrected chi connectivity index (χ0v) is 20.9. The highest BCUT2D eigenvalue weighted by atomic mass is 16.5. The van der Waals surface area contributed by atoms with Crippen LogP contribution >= 0.6 is 0 Å². The van der Waals surface area contributed by atoms with Crippen molar-refractivity contribution in [2.24, 2.45) is 13.0 Å². The van der Waals surface area contributed by atoms with Gasteiger partial charge in [0.15, 0.2) is 0 Å². The quantitative estimate of drug-likeness (QED) is 0.646. The van der Waals surface area contributed by atoms with Crippen LogP contribution in [0.2, 0.25) is 0 Å². The van der Waals surface area contributed by atoms with Gasteiger partial charge < -0.3 is 14.5 Å². The number of para-hydroxylation sites is 1. The van der Waals surface area contributed by atoms with Crippen molar-refractivity contribution >= 4 is 34.5 Å². The van der Waals surface area contributed by atoms with Gasteiger partial charge in [-0.15, -0.1) is 0 Å². The summed E-state index contributed by atoms with van der Waals surface area (Å²) in [5.74, 6) is -0.0353. The first-order valence-corrected chi connectivity index (χ1v) is 12.8. The third kappa shape index (κ3) is 4.68. The Morgan fingerprint density at radius 2 is 1.69 bits per heavy atom. The smallest absolute Gasteiger partial charge is 0.235 e. The standard InChI is InChI=1S/C26H33N5O5/c1-16(32)30-12-8-17(9-13-30)26(35)31-14-10-18(11-15-31)36-21-5-3-4-19-23(28-29(2)24(19)21)20-6-7-22(33)27-25(20)34/h3-5,17-18,20H,6-15H2,1-2H3,(H,27,33,34). The number of likely N-dealkylation sites (tertiary alicyclic amines) is 2. The van der Waals surface area contributed by atoms with Crippen LogP contribution in [-0.2, 0) is 26.2 Å². The Morgan fingerprint density at radius 3 is 2.36 bits per heavy atom. The number of hydrogen-bond acceptors (Lipinski definition) is 6. The van der Waals surface area contributed by atoms with Crippen LogP contribution in [0.1, 0.15) is 57.1 Å². The summed E-state index contributed by atoms with van der Waals surface area (Å²) >= 11 is 0. The number of benzene rings is 1. The molecule has 3 aliphatic rings. The van der Waals surface area contributed by atoms with E-state index in [4.69, 9.17) is 4.74 Å². The minimum absolute atomic E-state index is 0.00744. The Morgan fingerprint density at radius 1 is 1.00 bits per heavy atom. The lowest BCUT2D eigenvalue weighted by molar-refractivity contribution is -0.141. The summed E-state index contributed by atoms with van der Waals surface area (Å²) in [7, 11) is 1.84. The number of piperidine rings is 3. The number of carbonyl (C=O) groups excluding carboxylic acids is 4. The van der Waals surface area contributed by atoms with Crippen LogP contribution in [0.15, 0.2) is 18.2 Å². The molecule has 0 aliphatic carbocycles. The van der Waals surface area contributed by atoms with E-state index in [0.717, 1.165) is 36.6 Å². The molecule has 2 aromatic rings. The van der Waals surface area contributed by atoms with Gasteiger partial charge >= 0.3 is 0 Å². The molecule has 4 amide bonds. The zero-order valence-electron chi connectivity index (χ0n) is 20.9. The second kappa shape index (κ2) is 9.91. The van der Waals surface area contributed by atoms with Gasteiger partial charge in [-0.05, 0) is 25.3 Å². The highest BCUT2D eigenvalue weighted by Gasteiger charge is 2.34. The van der Waals surface area contributed by atoms with E-state index in [-0.39, 0.29) is 35.7 Å². The first kappa shape index (κ1) is 24.3. The molecular weight excluding hydrogens is 462 g/mol. The van der Waals surface area contributed by atoms with Crippen molar-refractivity contribution in [3.05, 3.63) is 23.9 Å². The Balaban J connectivity index is 1.23. The predicted molar refractivity (Wildman–Crippen MR) is 131 cm³/mol. The monoisotopic (exact) mass is 495 g/mol. The van der Waals surface area contributed by atoms with Gasteiger partial charge in [-0.3, -0.25) is 29.2 Å². The van der Waals surface area contributed by atoms with Crippen molar-refractivity contribution in [3.63, 3.8) is 0 Å². The Labute approximate surface area is 209 Å². The lowest BCUT2D eigenvalue weighted by Crippen LogP contribution is -2.47. The summed E-state index contributed by atoms with van der Waals surface area (Å²) in [6.07, 6.45) is 3.67. The topological polar surface area (TPSA) is 114 Å². The minimum atomic E-state index is -0.460. The number of carbonyl (C=O) groups is 4. The number of imide groups is 1. The Bertz CT molecular complexity index is 1190. The summed E-state index contributed by atoms with van der Waals surface area (Å²) < 4.78 is 8.16. The molecule has 192 valence electrons. The van der Waals surface area contributed by atoms with E-state index in [9.17, 15) is 19.2 Å².